The second-order valence-electron chi connectivity index (χ2n) is 7.94. The number of aromatic hydroxyl groups is 1. The number of carboxylic acids is 2. The summed E-state index contributed by atoms with van der Waals surface area (Å²) < 4.78 is 10.2. The number of aliphatic hydroxyl groups is 2. The molecule has 5 N–H and O–H groups in total. The van der Waals surface area contributed by atoms with Gasteiger partial charge in [-0.3, -0.25) is 9.59 Å². The van der Waals surface area contributed by atoms with Crippen LogP contribution in [0, 0.1) is 5.41 Å². The number of hydrogen-bond acceptors (Lipinski definition) is 10. The Balaban J connectivity index is 0.000000548. The number of cyclic esters (lactones) is 1. The van der Waals surface area contributed by atoms with Crippen molar-refractivity contribution in [2.24, 2.45) is 5.41 Å². The summed E-state index contributed by atoms with van der Waals surface area (Å²) in [5.41, 5.74) is -0.390. The fraction of sp³-hybridized carbons (Fsp3) is 0.500. The maximum atomic E-state index is 12.9. The van der Waals surface area contributed by atoms with Gasteiger partial charge in [0.15, 0.2) is 29.5 Å². The molecular formula is C24H33NO11. The molecule has 1 aromatic rings. The van der Waals surface area contributed by atoms with Crippen molar-refractivity contribution in [3.05, 3.63) is 29.8 Å². The van der Waals surface area contributed by atoms with E-state index >= 15 is 0 Å². The third-order valence-corrected chi connectivity index (χ3v) is 5.81. The van der Waals surface area contributed by atoms with Crippen molar-refractivity contribution in [2.75, 3.05) is 33.4 Å². The van der Waals surface area contributed by atoms with E-state index in [1.807, 2.05) is 0 Å². The van der Waals surface area contributed by atoms with Crippen LogP contribution in [0.1, 0.15) is 32.3 Å². The Morgan fingerprint density at radius 3 is 2.17 bits per heavy atom. The van der Waals surface area contributed by atoms with E-state index in [1.165, 1.54) is 19.3 Å². The molecule has 0 spiro atoms. The van der Waals surface area contributed by atoms with E-state index in [0.717, 1.165) is 13.1 Å². The maximum absolute atomic E-state index is 12.9. The van der Waals surface area contributed by atoms with Gasteiger partial charge in [0.2, 0.25) is 0 Å². The van der Waals surface area contributed by atoms with E-state index in [-0.39, 0.29) is 18.1 Å². The zero-order valence-corrected chi connectivity index (χ0v) is 20.4. The Labute approximate surface area is 208 Å². The quantitative estimate of drug-likeness (QED) is 0.149. The normalized spacial score (nSPS) is 18.8. The van der Waals surface area contributed by atoms with Crippen LogP contribution in [0.5, 0.6) is 11.5 Å². The molecule has 0 aliphatic carbocycles. The van der Waals surface area contributed by atoms with Crippen LogP contribution in [0.2, 0.25) is 0 Å². The van der Waals surface area contributed by atoms with Gasteiger partial charge in [-0.15, -0.1) is 0 Å². The van der Waals surface area contributed by atoms with Gasteiger partial charge < -0.3 is 39.9 Å². The molecule has 0 aromatic heterocycles. The van der Waals surface area contributed by atoms with Gasteiger partial charge >= 0.3 is 17.9 Å². The van der Waals surface area contributed by atoms with Gasteiger partial charge in [-0.1, -0.05) is 26.0 Å². The molecule has 1 aliphatic heterocycles. The zero-order valence-electron chi connectivity index (χ0n) is 20.4. The first-order chi connectivity index (χ1) is 16.9. The molecule has 1 heterocycles. The van der Waals surface area contributed by atoms with Crippen LogP contribution in [0.15, 0.2) is 24.3 Å². The number of aliphatic carboxylic acids is 2. The van der Waals surface area contributed by atoms with Crippen LogP contribution in [-0.2, 0) is 23.9 Å². The van der Waals surface area contributed by atoms with Gasteiger partial charge in [0, 0.05) is 6.42 Å². The first kappa shape index (κ1) is 30.6. The summed E-state index contributed by atoms with van der Waals surface area (Å²) in [6.45, 7) is 6.82. The molecule has 1 saturated heterocycles. The number of phenols is 1. The largest absolute Gasteiger partial charge is 0.504 e. The van der Waals surface area contributed by atoms with Gasteiger partial charge in [-0.2, -0.15) is 0 Å². The number of rotatable bonds is 12. The summed E-state index contributed by atoms with van der Waals surface area (Å²) in [5.74, 6) is -3.84. The van der Waals surface area contributed by atoms with Crippen LogP contribution in [0.25, 0.3) is 6.08 Å². The van der Waals surface area contributed by atoms with E-state index in [4.69, 9.17) is 29.9 Å². The lowest BCUT2D eigenvalue weighted by Crippen LogP contribution is -2.39. The Hall–Kier alpha value is -3.48. The molecule has 1 aromatic carbocycles. The highest BCUT2D eigenvalue weighted by Crippen LogP contribution is 2.36. The van der Waals surface area contributed by atoms with Gasteiger partial charge in [0.1, 0.15) is 5.41 Å². The molecule has 200 valence electrons. The summed E-state index contributed by atoms with van der Waals surface area (Å²) in [7, 11) is 1.46. The lowest BCUT2D eigenvalue weighted by Gasteiger charge is -2.26. The zero-order chi connectivity index (χ0) is 27.5. The standard InChI is InChI=1S/C20H27NO5.C4H6O6/c1-4-21(5-2)12-10-20(11-13-26-19(20)24)18(23)9-7-15-6-8-16(22)17(14-15)25-3;5-1(3(7)8)2(6)4(9)10/h6-9,14,22H,4-5,10-13H2,1-3H3;1-2,5-6H,(H,7,8)(H,9,10)/b9-7+;. The van der Waals surface area contributed by atoms with Gasteiger partial charge in [0.05, 0.1) is 13.7 Å². The topological polar surface area (TPSA) is 191 Å². The first-order valence-corrected chi connectivity index (χ1v) is 11.2. The van der Waals surface area contributed by atoms with Crippen molar-refractivity contribution in [1.29, 1.82) is 0 Å². The van der Waals surface area contributed by atoms with Crippen molar-refractivity contribution in [2.45, 2.75) is 38.9 Å². The Morgan fingerprint density at radius 2 is 1.72 bits per heavy atom. The number of carboxylic acid groups (broad SMARTS) is 2. The SMILES string of the molecule is CCN(CC)CCC1(C(=O)/C=C/c2ccc(O)c(OC)c2)CCOC1=O.O=C(O)C(O)C(O)C(=O)O. The highest BCUT2D eigenvalue weighted by Gasteiger charge is 2.49. The van der Waals surface area contributed by atoms with Gasteiger partial charge in [-0.05, 0) is 49.8 Å². The van der Waals surface area contributed by atoms with Crippen molar-refractivity contribution in [1.82, 2.24) is 4.90 Å². The third-order valence-electron chi connectivity index (χ3n) is 5.81. The molecule has 36 heavy (non-hydrogen) atoms. The second kappa shape index (κ2) is 14.2. The summed E-state index contributed by atoms with van der Waals surface area (Å²) in [4.78, 5) is 46.9. The fourth-order valence-electron chi connectivity index (χ4n) is 3.42. The minimum Gasteiger partial charge on any atom is -0.504 e. The van der Waals surface area contributed by atoms with Crippen molar-refractivity contribution in [3.63, 3.8) is 0 Å². The molecule has 2 rings (SSSR count). The van der Waals surface area contributed by atoms with Crippen molar-refractivity contribution in [3.8, 4) is 11.5 Å². The van der Waals surface area contributed by atoms with Crippen molar-refractivity contribution < 1.29 is 54.2 Å². The number of ketones is 1. The fourth-order valence-corrected chi connectivity index (χ4v) is 3.42. The van der Waals surface area contributed by atoms with Crippen LogP contribution in [0.3, 0.4) is 0 Å². The Kier molecular flexibility index (Phi) is 12.0. The molecule has 1 aliphatic rings. The van der Waals surface area contributed by atoms with E-state index in [2.05, 4.69) is 18.7 Å². The van der Waals surface area contributed by atoms with Gasteiger partial charge in [0.25, 0.3) is 0 Å². The minimum atomic E-state index is -2.27. The second-order valence-corrected chi connectivity index (χ2v) is 7.94. The van der Waals surface area contributed by atoms with Crippen LogP contribution in [-0.4, -0.2) is 99.7 Å². The van der Waals surface area contributed by atoms with E-state index in [0.29, 0.717) is 30.7 Å². The molecule has 3 unspecified atom stereocenters. The smallest absolute Gasteiger partial charge is 0.335 e. The van der Waals surface area contributed by atoms with Crippen LogP contribution >= 0.6 is 0 Å². The number of benzene rings is 1. The van der Waals surface area contributed by atoms with E-state index in [1.54, 1.807) is 18.2 Å². The molecule has 3 atom stereocenters. The summed E-state index contributed by atoms with van der Waals surface area (Å²) in [6, 6.07) is 4.81. The minimum absolute atomic E-state index is 0.0334. The number of aliphatic hydroxyl groups excluding tert-OH is 2. The summed E-state index contributed by atoms with van der Waals surface area (Å²) >= 11 is 0. The number of ether oxygens (including phenoxy) is 2. The van der Waals surface area contributed by atoms with Crippen molar-refractivity contribution >= 4 is 29.8 Å². The lowest BCUT2D eigenvalue weighted by molar-refractivity contribution is -0.165. The molecular weight excluding hydrogens is 478 g/mol. The number of carbonyl (C=O) groups excluding carboxylic acids is 2. The van der Waals surface area contributed by atoms with Gasteiger partial charge in [-0.25, -0.2) is 9.59 Å². The highest BCUT2D eigenvalue weighted by molar-refractivity contribution is 6.11. The Morgan fingerprint density at radius 1 is 1.14 bits per heavy atom. The number of carbonyl (C=O) groups is 4. The first-order valence-electron chi connectivity index (χ1n) is 11.2. The molecule has 12 heteroatoms. The molecule has 0 bridgehead atoms. The lowest BCUT2D eigenvalue weighted by atomic mass is 9.78. The van der Waals surface area contributed by atoms with E-state index < -0.39 is 35.5 Å². The molecule has 0 saturated carbocycles. The predicted octanol–water partition coefficient (Wildman–Crippen LogP) is 0.526. The summed E-state index contributed by atoms with van der Waals surface area (Å²) in [5, 5.41) is 42.2. The number of methoxy groups -OCH3 is 1. The molecule has 1 fully saturated rings. The number of allylic oxidation sites excluding steroid dienone is 1. The molecule has 0 radical (unpaired) electrons. The third kappa shape index (κ3) is 8.04. The average Bonchev–Trinajstić information content (AvgIpc) is 3.24. The van der Waals surface area contributed by atoms with Crippen LogP contribution < -0.4 is 4.74 Å². The molecule has 0 amide bonds. The number of hydrogen-bond donors (Lipinski definition) is 5. The Bertz CT molecular complexity index is 939. The predicted molar refractivity (Wildman–Crippen MR) is 126 cm³/mol. The van der Waals surface area contributed by atoms with E-state index in [9.17, 15) is 24.3 Å². The maximum Gasteiger partial charge on any atom is 0.335 e. The van der Waals surface area contributed by atoms with Crippen LogP contribution in [0.4, 0.5) is 0 Å². The summed E-state index contributed by atoms with van der Waals surface area (Å²) in [6.07, 6.45) is -0.601. The average molecular weight is 512 g/mol. The monoisotopic (exact) mass is 511 g/mol. The number of phenolic OH excluding ortho intramolecular Hbond substituents is 1. The molecule has 12 nitrogen and oxygen atoms in total. The number of esters is 1. The highest BCUT2D eigenvalue weighted by atomic mass is 16.5. The number of nitrogens with zero attached hydrogens (tertiary/aromatic N) is 1.